The molecule has 2 aliphatic heterocycles. The van der Waals surface area contributed by atoms with Crippen LogP contribution in [0.5, 0.6) is 0 Å². The van der Waals surface area contributed by atoms with Crippen LogP contribution in [0, 0.1) is 0 Å². The first-order valence-electron chi connectivity index (χ1n) is 10.1. The van der Waals surface area contributed by atoms with Gasteiger partial charge in [0.2, 0.25) is 5.76 Å². The number of rotatable bonds is 4. The normalized spacial score (nSPS) is 19.4. The van der Waals surface area contributed by atoms with Gasteiger partial charge in [0.25, 0.3) is 5.91 Å². The lowest BCUT2D eigenvalue weighted by atomic mass is 9.98. The van der Waals surface area contributed by atoms with E-state index >= 15 is 0 Å². The predicted molar refractivity (Wildman–Crippen MR) is 117 cm³/mol. The summed E-state index contributed by atoms with van der Waals surface area (Å²) in [6.07, 6.45) is 0. The SMILES string of the molecule is O=C1c2oc3ccc(Br)cc3c(=O)c2[C@@H](c2ccccc2)N1CCN1CCOCC1. The van der Waals surface area contributed by atoms with Gasteiger partial charge in [-0.3, -0.25) is 14.5 Å². The van der Waals surface area contributed by atoms with Crippen molar-refractivity contribution in [1.82, 2.24) is 9.80 Å². The summed E-state index contributed by atoms with van der Waals surface area (Å²) in [6.45, 7) is 4.35. The third-order valence-corrected chi connectivity index (χ3v) is 6.30. The van der Waals surface area contributed by atoms with Crippen molar-refractivity contribution in [3.05, 3.63) is 80.1 Å². The first kappa shape index (κ1) is 19.5. The van der Waals surface area contributed by atoms with E-state index in [1.807, 2.05) is 36.4 Å². The first-order chi connectivity index (χ1) is 14.6. The number of benzene rings is 2. The van der Waals surface area contributed by atoms with E-state index in [0.29, 0.717) is 36.3 Å². The Bertz CT molecular complexity index is 1160. The van der Waals surface area contributed by atoms with E-state index in [1.54, 1.807) is 17.0 Å². The zero-order valence-corrected chi connectivity index (χ0v) is 17.9. The molecule has 7 heteroatoms. The fourth-order valence-electron chi connectivity index (χ4n) is 4.28. The molecule has 3 aromatic rings. The molecule has 1 aromatic heterocycles. The summed E-state index contributed by atoms with van der Waals surface area (Å²) in [4.78, 5) is 30.9. The second kappa shape index (κ2) is 7.98. The summed E-state index contributed by atoms with van der Waals surface area (Å²) in [7, 11) is 0. The molecule has 5 rings (SSSR count). The van der Waals surface area contributed by atoms with Crippen LogP contribution in [0.2, 0.25) is 0 Å². The minimum absolute atomic E-state index is 0.149. The van der Waals surface area contributed by atoms with Crippen molar-refractivity contribution in [3.63, 3.8) is 0 Å². The number of carbonyl (C=O) groups excluding carboxylic acids is 1. The Morgan fingerprint density at radius 1 is 1.00 bits per heavy atom. The molecule has 0 spiro atoms. The largest absolute Gasteiger partial charge is 0.450 e. The molecule has 6 nitrogen and oxygen atoms in total. The van der Waals surface area contributed by atoms with Crippen molar-refractivity contribution in [3.8, 4) is 0 Å². The van der Waals surface area contributed by atoms with Gasteiger partial charge in [-0.25, -0.2) is 0 Å². The highest BCUT2D eigenvalue weighted by molar-refractivity contribution is 9.10. The van der Waals surface area contributed by atoms with Crippen LogP contribution in [0.3, 0.4) is 0 Å². The molecule has 30 heavy (non-hydrogen) atoms. The van der Waals surface area contributed by atoms with Crippen LogP contribution in [-0.2, 0) is 4.74 Å². The Balaban J connectivity index is 1.60. The second-order valence-electron chi connectivity index (χ2n) is 7.58. The summed E-state index contributed by atoms with van der Waals surface area (Å²) in [5.41, 5.74) is 1.62. The van der Waals surface area contributed by atoms with E-state index < -0.39 is 6.04 Å². The minimum Gasteiger partial charge on any atom is -0.450 e. The molecule has 154 valence electrons. The Kier molecular flexibility index (Phi) is 5.18. The Labute approximate surface area is 182 Å². The van der Waals surface area contributed by atoms with Crippen molar-refractivity contribution in [2.75, 3.05) is 39.4 Å². The molecular formula is C23H21BrN2O4. The molecule has 1 saturated heterocycles. The van der Waals surface area contributed by atoms with Crippen molar-refractivity contribution in [2.45, 2.75) is 6.04 Å². The summed E-state index contributed by atoms with van der Waals surface area (Å²) < 4.78 is 12.2. The molecule has 0 radical (unpaired) electrons. The van der Waals surface area contributed by atoms with E-state index in [2.05, 4.69) is 20.8 Å². The first-order valence-corrected chi connectivity index (χ1v) is 10.8. The maximum absolute atomic E-state index is 13.5. The molecule has 2 aromatic carbocycles. The molecule has 1 amide bonds. The molecule has 0 bridgehead atoms. The van der Waals surface area contributed by atoms with Gasteiger partial charge in [0.1, 0.15) is 5.58 Å². The van der Waals surface area contributed by atoms with E-state index in [1.165, 1.54) is 0 Å². The number of fused-ring (bicyclic) bond motifs is 2. The van der Waals surface area contributed by atoms with Crippen molar-refractivity contribution in [2.24, 2.45) is 0 Å². The molecule has 3 heterocycles. The number of carbonyl (C=O) groups is 1. The third kappa shape index (κ3) is 3.37. The van der Waals surface area contributed by atoms with E-state index in [4.69, 9.17) is 9.15 Å². The lowest BCUT2D eigenvalue weighted by molar-refractivity contribution is 0.0314. The maximum Gasteiger partial charge on any atom is 0.290 e. The molecule has 0 saturated carbocycles. The number of hydrogen-bond acceptors (Lipinski definition) is 5. The average Bonchev–Trinajstić information content (AvgIpc) is 3.06. The van der Waals surface area contributed by atoms with Gasteiger partial charge in [-0.15, -0.1) is 0 Å². The van der Waals surface area contributed by atoms with Crippen LogP contribution in [0.25, 0.3) is 11.0 Å². The van der Waals surface area contributed by atoms with Crippen LogP contribution >= 0.6 is 15.9 Å². The van der Waals surface area contributed by atoms with Crippen LogP contribution in [-0.4, -0.2) is 55.1 Å². The van der Waals surface area contributed by atoms with Gasteiger partial charge >= 0.3 is 0 Å². The van der Waals surface area contributed by atoms with Crippen molar-refractivity contribution < 1.29 is 13.9 Å². The zero-order valence-electron chi connectivity index (χ0n) is 16.3. The van der Waals surface area contributed by atoms with Crippen LogP contribution in [0.4, 0.5) is 0 Å². The molecule has 1 fully saturated rings. The topological polar surface area (TPSA) is 63.0 Å². The number of ether oxygens (including phenoxy) is 1. The average molecular weight is 469 g/mol. The molecule has 2 aliphatic rings. The highest BCUT2D eigenvalue weighted by Crippen LogP contribution is 2.38. The number of halogens is 1. The number of nitrogens with zero attached hydrogens (tertiary/aromatic N) is 2. The number of amides is 1. The summed E-state index contributed by atoms with van der Waals surface area (Å²) in [5, 5.41) is 0.479. The minimum atomic E-state index is -0.450. The van der Waals surface area contributed by atoms with E-state index in [-0.39, 0.29) is 17.1 Å². The Morgan fingerprint density at radius 3 is 2.53 bits per heavy atom. The monoisotopic (exact) mass is 468 g/mol. The third-order valence-electron chi connectivity index (χ3n) is 5.80. The molecule has 1 atom stereocenters. The molecule has 0 aliphatic carbocycles. The molecule has 0 N–H and O–H groups in total. The fraction of sp³-hybridized carbons (Fsp3) is 0.304. The van der Waals surface area contributed by atoms with Crippen LogP contribution < -0.4 is 5.43 Å². The van der Waals surface area contributed by atoms with Gasteiger partial charge in [-0.05, 0) is 23.8 Å². The van der Waals surface area contributed by atoms with Gasteiger partial charge < -0.3 is 14.1 Å². The zero-order chi connectivity index (χ0) is 20.7. The summed E-state index contributed by atoms with van der Waals surface area (Å²) in [5.74, 6) is -0.0697. The molecule has 0 unspecified atom stereocenters. The predicted octanol–water partition coefficient (Wildman–Crippen LogP) is 3.43. The highest BCUT2D eigenvalue weighted by atomic mass is 79.9. The smallest absolute Gasteiger partial charge is 0.290 e. The number of morpholine rings is 1. The van der Waals surface area contributed by atoms with Gasteiger partial charge in [0, 0.05) is 30.7 Å². The van der Waals surface area contributed by atoms with Crippen LogP contribution in [0.15, 0.2) is 62.2 Å². The van der Waals surface area contributed by atoms with Crippen molar-refractivity contribution in [1.29, 1.82) is 0 Å². The summed E-state index contributed by atoms with van der Waals surface area (Å²) in [6, 6.07) is 14.5. The maximum atomic E-state index is 13.5. The highest BCUT2D eigenvalue weighted by Gasteiger charge is 2.42. The quantitative estimate of drug-likeness (QED) is 0.586. The van der Waals surface area contributed by atoms with Gasteiger partial charge in [0.05, 0.1) is 30.2 Å². The van der Waals surface area contributed by atoms with E-state index in [9.17, 15) is 9.59 Å². The van der Waals surface area contributed by atoms with E-state index in [0.717, 1.165) is 29.7 Å². The lowest BCUT2D eigenvalue weighted by Gasteiger charge is -2.31. The summed E-state index contributed by atoms with van der Waals surface area (Å²) >= 11 is 3.43. The molecular weight excluding hydrogens is 448 g/mol. The Morgan fingerprint density at radius 2 is 1.77 bits per heavy atom. The van der Waals surface area contributed by atoms with Gasteiger partial charge in [-0.2, -0.15) is 0 Å². The fourth-order valence-corrected chi connectivity index (χ4v) is 4.64. The number of hydrogen-bond donors (Lipinski definition) is 0. The van der Waals surface area contributed by atoms with Gasteiger partial charge in [0.15, 0.2) is 5.43 Å². The standard InChI is InChI=1S/C23H21BrN2O4/c24-16-6-7-18-17(14-16)21(27)19-20(15-4-2-1-3-5-15)26(23(28)22(19)30-18)9-8-25-10-12-29-13-11-25/h1-7,14,20H,8-13H2/t20-/m1/s1. The van der Waals surface area contributed by atoms with Gasteiger partial charge in [-0.1, -0.05) is 46.3 Å². The van der Waals surface area contributed by atoms with Crippen LogP contribution in [0.1, 0.15) is 27.7 Å². The second-order valence-corrected chi connectivity index (χ2v) is 8.50. The Hall–Kier alpha value is -2.48. The van der Waals surface area contributed by atoms with Crippen molar-refractivity contribution >= 4 is 32.8 Å². The lowest BCUT2D eigenvalue weighted by Crippen LogP contribution is -2.42.